The molecule has 0 saturated heterocycles. The largest absolute Gasteiger partial charge is 1.00 e. The number of ether oxygens (including phenoxy) is 2. The van der Waals surface area contributed by atoms with E-state index in [4.69, 9.17) is 9.47 Å². The summed E-state index contributed by atoms with van der Waals surface area (Å²) in [5, 5.41) is 0. The third-order valence-electron chi connectivity index (χ3n) is 5.46. The molecule has 0 aliphatic heterocycles. The molecule has 6 heterocycles. The van der Waals surface area contributed by atoms with E-state index in [0.717, 1.165) is 34.8 Å². The molecule has 16 heteroatoms. The van der Waals surface area contributed by atoms with Crippen LogP contribution in [0.1, 0.15) is 0 Å². The zero-order valence-electron chi connectivity index (χ0n) is 25.0. The maximum Gasteiger partial charge on any atom is 0.176 e. The summed E-state index contributed by atoms with van der Waals surface area (Å²) in [4.78, 5) is 24.4. The smallest absolute Gasteiger partial charge is 0.176 e. The van der Waals surface area contributed by atoms with Gasteiger partial charge in [0, 0.05) is 122 Å². The van der Waals surface area contributed by atoms with Crippen LogP contribution in [-0.4, -0.2) is 62.4 Å². The van der Waals surface area contributed by atoms with Gasteiger partial charge in [0.1, 0.15) is 11.5 Å². The number of methoxy groups -OCH3 is 2. The van der Waals surface area contributed by atoms with Crippen molar-refractivity contribution in [1.29, 1.82) is 0 Å². The second kappa shape index (κ2) is 22.7. The van der Waals surface area contributed by atoms with Crippen molar-refractivity contribution < 1.29 is 66.5 Å². The predicted molar refractivity (Wildman–Crippen MR) is 152 cm³/mol. The number of rotatable bonds is 4. The van der Waals surface area contributed by atoms with Crippen molar-refractivity contribution in [1.82, 2.24) is 48.2 Å². The summed E-state index contributed by atoms with van der Waals surface area (Å²) in [6, 6.07) is 7.22. The van der Waals surface area contributed by atoms with Crippen LogP contribution in [0.25, 0.3) is 23.3 Å². The molecule has 0 aliphatic carbocycles. The first-order valence-corrected chi connectivity index (χ1v) is 12.2. The summed E-state index contributed by atoms with van der Waals surface area (Å²) in [5.74, 6) is 5.26. The first-order chi connectivity index (χ1) is 19.4. The van der Waals surface area contributed by atoms with Gasteiger partial charge in [-0.1, -0.05) is 0 Å². The number of halogens is 3. The van der Waals surface area contributed by atoms with E-state index in [1.807, 2.05) is 71.2 Å². The normalized spacial score (nSPS) is 8.86. The average molecular weight is 839 g/mol. The molecule has 6 rings (SSSR count). The molecule has 0 aromatic carbocycles. The molecule has 0 saturated carbocycles. The number of hydrogen-bond donors (Lipinski definition) is 0. The van der Waals surface area contributed by atoms with Crippen molar-refractivity contribution in [2.45, 2.75) is 0 Å². The van der Waals surface area contributed by atoms with Crippen LogP contribution in [0.2, 0.25) is 0 Å². The molecule has 0 radical (unpaired) electrons. The SMILES string of the molecule is COc1ccncc1.COc1ccncc1.Cn1ccnc1-c1nccn1C.Cn1ccnc1-c1nccn1C.[Cl-].[Cl-].[Cl-].[Os]. The molecule has 0 bridgehead atoms. The monoisotopic (exact) mass is 839 g/mol. The number of aryl methyl sites for hydroxylation is 4. The van der Waals surface area contributed by atoms with Crippen molar-refractivity contribution in [2.24, 2.45) is 28.2 Å². The summed E-state index contributed by atoms with van der Waals surface area (Å²) in [5.41, 5.74) is 0. The minimum Gasteiger partial charge on any atom is -1.00 e. The van der Waals surface area contributed by atoms with Gasteiger partial charge in [0.25, 0.3) is 0 Å². The molecule has 6 aromatic heterocycles. The van der Waals surface area contributed by atoms with Gasteiger partial charge in [-0.3, -0.25) is 9.97 Å². The predicted octanol–water partition coefficient (Wildman–Crippen LogP) is -5.17. The summed E-state index contributed by atoms with van der Waals surface area (Å²) in [6.45, 7) is 0. The Morgan fingerprint density at radius 2 is 0.659 bits per heavy atom. The zero-order valence-corrected chi connectivity index (χ0v) is 29.8. The summed E-state index contributed by atoms with van der Waals surface area (Å²) < 4.78 is 17.5. The number of aromatic nitrogens is 10. The molecule has 240 valence electrons. The first kappa shape index (κ1) is 42.4. The van der Waals surface area contributed by atoms with E-state index in [1.165, 1.54) is 0 Å². The Morgan fingerprint density at radius 3 is 0.795 bits per heavy atom. The van der Waals surface area contributed by atoms with Crippen molar-refractivity contribution >= 4 is 0 Å². The van der Waals surface area contributed by atoms with Gasteiger partial charge in [-0.2, -0.15) is 0 Å². The molecule has 0 unspecified atom stereocenters. The van der Waals surface area contributed by atoms with Crippen molar-refractivity contribution in [3.63, 3.8) is 0 Å². The van der Waals surface area contributed by atoms with E-state index in [0.29, 0.717) is 0 Å². The van der Waals surface area contributed by atoms with E-state index in [2.05, 4.69) is 29.9 Å². The third kappa shape index (κ3) is 12.9. The fourth-order valence-corrected chi connectivity index (χ4v) is 3.27. The molecular formula is C28H34Cl3N10O2Os-3. The Kier molecular flexibility index (Phi) is 21.9. The second-order valence-electron chi connectivity index (χ2n) is 8.22. The van der Waals surface area contributed by atoms with Crippen LogP contribution in [0, 0.1) is 0 Å². The average Bonchev–Trinajstić information content (AvgIpc) is 3.80. The van der Waals surface area contributed by atoms with Gasteiger partial charge < -0.3 is 65.0 Å². The van der Waals surface area contributed by atoms with E-state index < -0.39 is 0 Å². The topological polar surface area (TPSA) is 116 Å². The number of pyridine rings is 2. The Labute approximate surface area is 289 Å². The molecule has 44 heavy (non-hydrogen) atoms. The van der Waals surface area contributed by atoms with Crippen molar-refractivity contribution in [3.8, 4) is 34.8 Å². The van der Waals surface area contributed by atoms with Crippen LogP contribution in [0.15, 0.2) is 98.6 Å². The van der Waals surface area contributed by atoms with Crippen LogP contribution in [-0.2, 0) is 48.0 Å². The molecule has 0 N–H and O–H groups in total. The van der Waals surface area contributed by atoms with Crippen LogP contribution >= 0.6 is 0 Å². The van der Waals surface area contributed by atoms with Crippen LogP contribution in [0.3, 0.4) is 0 Å². The van der Waals surface area contributed by atoms with Crippen LogP contribution in [0.5, 0.6) is 11.5 Å². The maximum absolute atomic E-state index is 4.87. The Bertz CT molecular complexity index is 1350. The van der Waals surface area contributed by atoms with E-state index in [1.54, 1.807) is 88.1 Å². The van der Waals surface area contributed by atoms with Gasteiger partial charge in [0.15, 0.2) is 23.3 Å². The van der Waals surface area contributed by atoms with Gasteiger partial charge in [-0.05, 0) is 24.3 Å². The molecule has 0 amide bonds. The van der Waals surface area contributed by atoms with E-state index in [9.17, 15) is 0 Å². The molecule has 12 nitrogen and oxygen atoms in total. The fraction of sp³-hybridized carbons (Fsp3) is 0.214. The summed E-state index contributed by atoms with van der Waals surface area (Å²) >= 11 is 0. The molecule has 0 aliphatic rings. The summed E-state index contributed by atoms with van der Waals surface area (Å²) in [6.07, 6.45) is 21.5. The molecule has 0 atom stereocenters. The Hall–Kier alpha value is -3.75. The minimum absolute atomic E-state index is 0. The standard InChI is InChI=1S/2C8H10N4.2C6H7NO.3ClH.Os/c2*1-11-5-3-9-7(11)8-10-4-6-12(8)2;2*1-8-6-2-4-7-5-3-6;;;;/h2*3-6H,1-2H3;2*2-5H,1H3;3*1H;/p-3. The van der Waals surface area contributed by atoms with Crippen molar-refractivity contribution in [3.05, 3.63) is 98.6 Å². The van der Waals surface area contributed by atoms with Gasteiger partial charge in [0.2, 0.25) is 0 Å². The quantitative estimate of drug-likeness (QED) is 0.173. The Balaban J connectivity index is 0. The van der Waals surface area contributed by atoms with Gasteiger partial charge in [0.05, 0.1) is 14.2 Å². The third-order valence-corrected chi connectivity index (χ3v) is 5.46. The molecule has 0 spiro atoms. The number of hydrogen-bond acceptors (Lipinski definition) is 8. The molecule has 6 aromatic rings. The minimum atomic E-state index is 0. The molecular weight excluding hydrogens is 805 g/mol. The van der Waals surface area contributed by atoms with Gasteiger partial charge in [-0.25, -0.2) is 19.9 Å². The van der Waals surface area contributed by atoms with Crippen LogP contribution < -0.4 is 46.7 Å². The number of imidazole rings is 4. The van der Waals surface area contributed by atoms with Gasteiger partial charge >= 0.3 is 0 Å². The first-order valence-electron chi connectivity index (χ1n) is 12.2. The maximum atomic E-state index is 4.87. The Morgan fingerprint density at radius 1 is 0.432 bits per heavy atom. The summed E-state index contributed by atoms with van der Waals surface area (Å²) in [7, 11) is 11.1. The fourth-order valence-electron chi connectivity index (χ4n) is 3.27. The molecule has 0 fully saturated rings. The zero-order chi connectivity index (χ0) is 28.7. The second-order valence-corrected chi connectivity index (χ2v) is 8.22. The van der Waals surface area contributed by atoms with E-state index in [-0.39, 0.29) is 57.0 Å². The van der Waals surface area contributed by atoms with Crippen LogP contribution in [0.4, 0.5) is 0 Å². The van der Waals surface area contributed by atoms with Gasteiger partial charge in [-0.15, -0.1) is 0 Å². The van der Waals surface area contributed by atoms with Crippen molar-refractivity contribution in [2.75, 3.05) is 14.2 Å². The number of nitrogens with zero attached hydrogens (tertiary/aromatic N) is 10. The van der Waals surface area contributed by atoms with E-state index >= 15 is 0 Å².